The lowest BCUT2D eigenvalue weighted by molar-refractivity contribution is -0.137. The molecule has 0 bridgehead atoms. The Kier molecular flexibility index (Phi) is 5.36. The van der Waals surface area contributed by atoms with E-state index in [1.807, 2.05) is 24.3 Å². The van der Waals surface area contributed by atoms with Crippen LogP contribution in [0.5, 0.6) is 0 Å². The Morgan fingerprint density at radius 1 is 1.12 bits per heavy atom. The van der Waals surface area contributed by atoms with E-state index in [1.54, 1.807) is 0 Å². The minimum absolute atomic E-state index is 0.114. The Morgan fingerprint density at radius 2 is 1.73 bits per heavy atom. The monoisotopic (exact) mass is 380 g/mol. The molecule has 1 aliphatic heterocycles. The van der Waals surface area contributed by atoms with Crippen LogP contribution in [0, 0.1) is 0 Å². The molecule has 26 heavy (non-hydrogen) atoms. The number of halogens is 3. The highest BCUT2D eigenvalue weighted by atomic mass is 32.2. The minimum atomic E-state index is -4.37. The highest BCUT2D eigenvalue weighted by Crippen LogP contribution is 2.32. The van der Waals surface area contributed by atoms with Gasteiger partial charge in [0, 0.05) is 0 Å². The summed E-state index contributed by atoms with van der Waals surface area (Å²) in [5.74, 6) is -0.138. The zero-order valence-electron chi connectivity index (χ0n) is 13.4. The zero-order chi connectivity index (χ0) is 18.6. The molecule has 0 fully saturated rings. The SMILES string of the molecule is O=C(CSC1Nc2ccccc2N1)N/N=C/c1ccc(C(F)(F)F)cc1. The van der Waals surface area contributed by atoms with Crippen molar-refractivity contribution < 1.29 is 18.0 Å². The number of nitrogens with zero attached hydrogens (tertiary/aromatic N) is 1. The first kappa shape index (κ1) is 18.1. The number of amides is 1. The fourth-order valence-electron chi connectivity index (χ4n) is 2.27. The molecule has 0 aromatic heterocycles. The second-order valence-electron chi connectivity index (χ2n) is 5.44. The number of hydrazone groups is 1. The maximum Gasteiger partial charge on any atom is 0.416 e. The smallest absolute Gasteiger partial charge is 0.355 e. The van der Waals surface area contributed by atoms with E-state index in [0.29, 0.717) is 5.56 Å². The molecule has 0 aliphatic carbocycles. The van der Waals surface area contributed by atoms with Crippen LogP contribution in [-0.4, -0.2) is 23.4 Å². The number of hydrogen-bond acceptors (Lipinski definition) is 5. The van der Waals surface area contributed by atoms with Crippen molar-refractivity contribution in [3.8, 4) is 0 Å². The highest BCUT2D eigenvalue weighted by Gasteiger charge is 2.29. The van der Waals surface area contributed by atoms with Gasteiger partial charge in [0.1, 0.15) is 5.50 Å². The van der Waals surface area contributed by atoms with E-state index >= 15 is 0 Å². The summed E-state index contributed by atoms with van der Waals surface area (Å²) in [5, 5.41) is 10.2. The van der Waals surface area contributed by atoms with Gasteiger partial charge in [0.25, 0.3) is 0 Å². The van der Waals surface area contributed by atoms with Gasteiger partial charge in [-0.05, 0) is 29.8 Å². The van der Waals surface area contributed by atoms with Crippen LogP contribution in [0.3, 0.4) is 0 Å². The van der Waals surface area contributed by atoms with Gasteiger partial charge in [-0.25, -0.2) is 5.43 Å². The Bertz CT molecular complexity index is 783. The number of para-hydroxylation sites is 2. The third kappa shape index (κ3) is 4.69. The number of anilines is 2. The fourth-order valence-corrected chi connectivity index (χ4v) is 3.07. The van der Waals surface area contributed by atoms with Crippen LogP contribution in [0.4, 0.5) is 24.5 Å². The second kappa shape index (κ2) is 7.69. The second-order valence-corrected chi connectivity index (χ2v) is 6.53. The van der Waals surface area contributed by atoms with Crippen LogP contribution in [0.15, 0.2) is 53.6 Å². The average molecular weight is 380 g/mol. The number of carbonyl (C=O) groups excluding carboxylic acids is 1. The molecule has 1 heterocycles. The van der Waals surface area contributed by atoms with Gasteiger partial charge < -0.3 is 10.6 Å². The molecule has 9 heteroatoms. The van der Waals surface area contributed by atoms with E-state index in [4.69, 9.17) is 0 Å². The summed E-state index contributed by atoms with van der Waals surface area (Å²) in [7, 11) is 0. The standard InChI is InChI=1S/C17H15F3N4OS/c18-17(19,20)12-7-5-11(6-8-12)9-21-24-15(25)10-26-16-22-13-3-1-2-4-14(13)23-16/h1-9,16,22-23H,10H2,(H,24,25)/b21-9+. The number of alkyl halides is 3. The molecule has 0 radical (unpaired) electrons. The predicted octanol–water partition coefficient (Wildman–Crippen LogP) is 3.71. The maximum atomic E-state index is 12.5. The molecule has 0 saturated heterocycles. The van der Waals surface area contributed by atoms with Gasteiger partial charge in [0.15, 0.2) is 0 Å². The van der Waals surface area contributed by atoms with Gasteiger partial charge in [0.05, 0.1) is 28.9 Å². The molecule has 0 atom stereocenters. The van der Waals surface area contributed by atoms with Crippen LogP contribution < -0.4 is 16.1 Å². The van der Waals surface area contributed by atoms with Crippen molar-refractivity contribution in [2.45, 2.75) is 11.7 Å². The Balaban J connectivity index is 1.42. The van der Waals surface area contributed by atoms with Gasteiger partial charge in [-0.15, -0.1) is 11.8 Å². The van der Waals surface area contributed by atoms with Crippen LogP contribution in [-0.2, 0) is 11.0 Å². The molecule has 1 amide bonds. The summed E-state index contributed by atoms with van der Waals surface area (Å²) < 4.78 is 37.4. The van der Waals surface area contributed by atoms with Crippen LogP contribution in [0.1, 0.15) is 11.1 Å². The molecule has 5 nitrogen and oxygen atoms in total. The highest BCUT2D eigenvalue weighted by molar-refractivity contribution is 8.00. The largest absolute Gasteiger partial charge is 0.416 e. The number of benzene rings is 2. The lowest BCUT2D eigenvalue weighted by Gasteiger charge is -2.10. The first-order valence-electron chi connectivity index (χ1n) is 7.65. The van der Waals surface area contributed by atoms with Crippen molar-refractivity contribution in [1.29, 1.82) is 0 Å². The number of carbonyl (C=O) groups is 1. The average Bonchev–Trinajstić information content (AvgIpc) is 3.03. The quantitative estimate of drug-likeness (QED) is 0.547. The molecule has 0 saturated carbocycles. The molecule has 3 rings (SSSR count). The fraction of sp³-hybridized carbons (Fsp3) is 0.176. The van der Waals surface area contributed by atoms with E-state index in [0.717, 1.165) is 23.5 Å². The molecule has 0 unspecified atom stereocenters. The summed E-state index contributed by atoms with van der Waals surface area (Å²) in [5.41, 5.74) is 3.92. The minimum Gasteiger partial charge on any atom is -0.355 e. The zero-order valence-corrected chi connectivity index (χ0v) is 14.2. The van der Waals surface area contributed by atoms with Crippen molar-refractivity contribution >= 4 is 35.3 Å². The lowest BCUT2D eigenvalue weighted by atomic mass is 10.1. The summed E-state index contributed by atoms with van der Waals surface area (Å²) in [6, 6.07) is 12.2. The number of thioether (sulfide) groups is 1. The topological polar surface area (TPSA) is 65.5 Å². The first-order chi connectivity index (χ1) is 12.4. The molecular formula is C17H15F3N4OS. The van der Waals surface area contributed by atoms with Crippen LogP contribution >= 0.6 is 11.8 Å². The maximum absolute atomic E-state index is 12.5. The summed E-state index contributed by atoms with van der Waals surface area (Å²) in [6.45, 7) is 0. The van der Waals surface area contributed by atoms with Gasteiger partial charge in [0.2, 0.25) is 5.91 Å². The van der Waals surface area contributed by atoms with E-state index in [1.165, 1.54) is 30.1 Å². The molecule has 2 aromatic rings. The number of hydrogen-bond donors (Lipinski definition) is 3. The van der Waals surface area contributed by atoms with Crippen molar-refractivity contribution in [2.75, 3.05) is 16.4 Å². The van der Waals surface area contributed by atoms with E-state index in [-0.39, 0.29) is 17.2 Å². The molecule has 3 N–H and O–H groups in total. The van der Waals surface area contributed by atoms with Crippen molar-refractivity contribution in [3.63, 3.8) is 0 Å². The van der Waals surface area contributed by atoms with Gasteiger partial charge in [-0.3, -0.25) is 4.79 Å². The van der Waals surface area contributed by atoms with Crippen molar-refractivity contribution in [3.05, 3.63) is 59.7 Å². The van der Waals surface area contributed by atoms with Crippen molar-refractivity contribution in [1.82, 2.24) is 5.43 Å². The van der Waals surface area contributed by atoms with E-state index < -0.39 is 11.7 Å². The Hall–Kier alpha value is -2.68. The third-order valence-electron chi connectivity index (χ3n) is 3.52. The number of nitrogens with one attached hydrogen (secondary N) is 3. The number of fused-ring (bicyclic) bond motifs is 1. The summed E-state index contributed by atoms with van der Waals surface area (Å²) in [4.78, 5) is 11.8. The first-order valence-corrected chi connectivity index (χ1v) is 8.69. The lowest BCUT2D eigenvalue weighted by Crippen LogP contribution is -2.25. The Labute approximate surface area is 152 Å². The molecule has 0 spiro atoms. The van der Waals surface area contributed by atoms with Crippen molar-refractivity contribution in [2.24, 2.45) is 5.10 Å². The molecular weight excluding hydrogens is 365 g/mol. The van der Waals surface area contributed by atoms with Crippen LogP contribution in [0.2, 0.25) is 0 Å². The van der Waals surface area contributed by atoms with Gasteiger partial charge in [-0.2, -0.15) is 18.3 Å². The summed E-state index contributed by atoms with van der Waals surface area (Å²) in [6.07, 6.45) is -3.08. The Morgan fingerprint density at radius 3 is 2.31 bits per heavy atom. The molecule has 136 valence electrons. The van der Waals surface area contributed by atoms with Gasteiger partial charge >= 0.3 is 6.18 Å². The number of rotatable bonds is 5. The molecule has 2 aromatic carbocycles. The normalized spacial score (nSPS) is 14.0. The summed E-state index contributed by atoms with van der Waals surface area (Å²) >= 11 is 1.37. The predicted molar refractivity (Wildman–Crippen MR) is 97.1 cm³/mol. The third-order valence-corrected chi connectivity index (χ3v) is 4.52. The van der Waals surface area contributed by atoms with E-state index in [9.17, 15) is 18.0 Å². The molecule has 1 aliphatic rings. The van der Waals surface area contributed by atoms with E-state index in [2.05, 4.69) is 21.2 Å². The van der Waals surface area contributed by atoms with Gasteiger partial charge in [-0.1, -0.05) is 24.3 Å². The van der Waals surface area contributed by atoms with Crippen LogP contribution in [0.25, 0.3) is 0 Å².